The molecule has 134 valence electrons. The lowest BCUT2D eigenvalue weighted by atomic mass is 10.2. The number of methoxy groups -OCH3 is 1. The minimum absolute atomic E-state index is 0.258. The number of ether oxygens (including phenoxy) is 2. The number of hydrogen-bond donors (Lipinski definition) is 0. The third-order valence-corrected chi connectivity index (χ3v) is 3.81. The summed E-state index contributed by atoms with van der Waals surface area (Å²) in [6, 6.07) is 13.3. The second-order valence-corrected chi connectivity index (χ2v) is 5.60. The maximum Gasteiger partial charge on any atom is 0.161 e. The molecular weight excluding hydrogens is 330 g/mol. The largest absolute Gasteiger partial charge is 0.493 e. The quantitative estimate of drug-likeness (QED) is 0.477. The van der Waals surface area contributed by atoms with Crippen molar-refractivity contribution >= 4 is 17.2 Å². The average molecular weight is 351 g/mol. The van der Waals surface area contributed by atoms with Crippen molar-refractivity contribution in [1.82, 2.24) is 9.97 Å². The van der Waals surface area contributed by atoms with Gasteiger partial charge in [-0.25, -0.2) is 9.97 Å². The molecule has 0 radical (unpaired) electrons. The topological polar surface area (TPSA) is 65.8 Å². The molecule has 0 spiro atoms. The number of rotatable bonds is 7. The van der Waals surface area contributed by atoms with E-state index in [1.54, 1.807) is 13.3 Å². The molecule has 1 aromatic heterocycles. The van der Waals surface area contributed by atoms with E-state index in [-0.39, 0.29) is 6.61 Å². The summed E-state index contributed by atoms with van der Waals surface area (Å²) < 4.78 is 10.8. The Hall–Kier alpha value is -3.15. The van der Waals surface area contributed by atoms with Crippen molar-refractivity contribution in [1.29, 1.82) is 0 Å². The summed E-state index contributed by atoms with van der Waals surface area (Å²) in [6.45, 7) is 4.69. The van der Waals surface area contributed by atoms with Crippen molar-refractivity contribution in [2.45, 2.75) is 20.5 Å². The van der Waals surface area contributed by atoms with E-state index in [1.807, 2.05) is 56.3 Å². The number of fused-ring (bicyclic) bond motifs is 1. The van der Waals surface area contributed by atoms with Crippen molar-refractivity contribution in [2.75, 3.05) is 13.7 Å². The van der Waals surface area contributed by atoms with Gasteiger partial charge in [0.25, 0.3) is 0 Å². The predicted octanol–water partition coefficient (Wildman–Crippen LogP) is 3.90. The van der Waals surface area contributed by atoms with Crippen LogP contribution in [0.25, 0.3) is 11.0 Å². The number of aromatic nitrogens is 2. The van der Waals surface area contributed by atoms with Gasteiger partial charge >= 0.3 is 0 Å². The van der Waals surface area contributed by atoms with E-state index in [9.17, 15) is 0 Å². The molecule has 0 saturated carbocycles. The predicted molar refractivity (Wildman–Crippen MR) is 101 cm³/mol. The van der Waals surface area contributed by atoms with Gasteiger partial charge in [0, 0.05) is 5.56 Å². The fourth-order valence-corrected chi connectivity index (χ4v) is 2.50. The van der Waals surface area contributed by atoms with Crippen LogP contribution >= 0.6 is 0 Å². The zero-order chi connectivity index (χ0) is 18.4. The first-order valence-electron chi connectivity index (χ1n) is 8.39. The van der Waals surface area contributed by atoms with Gasteiger partial charge in [-0.3, -0.25) is 0 Å². The van der Waals surface area contributed by atoms with Crippen LogP contribution in [-0.4, -0.2) is 29.9 Å². The Labute approximate surface area is 152 Å². The molecule has 6 nitrogen and oxygen atoms in total. The third-order valence-electron chi connectivity index (χ3n) is 3.81. The molecule has 3 aromatic rings. The Morgan fingerprint density at radius 3 is 2.54 bits per heavy atom. The molecule has 3 rings (SSSR count). The molecule has 1 heterocycles. The van der Waals surface area contributed by atoms with Crippen LogP contribution in [0.15, 0.2) is 47.6 Å². The normalized spacial score (nSPS) is 11.0. The molecule has 0 aliphatic heterocycles. The summed E-state index contributed by atoms with van der Waals surface area (Å²) in [6.07, 6.45) is 1.63. The minimum Gasteiger partial charge on any atom is -0.493 e. The fourth-order valence-electron chi connectivity index (χ4n) is 2.50. The first-order valence-corrected chi connectivity index (χ1v) is 8.39. The number of oxime groups is 1. The molecule has 0 fully saturated rings. The summed E-state index contributed by atoms with van der Waals surface area (Å²) in [7, 11) is 1.61. The Kier molecular flexibility index (Phi) is 5.63. The van der Waals surface area contributed by atoms with E-state index in [0.29, 0.717) is 18.1 Å². The Balaban J connectivity index is 1.67. The SMILES string of the molecule is CCOc1ccc(C=NOCc2nc3ccccc3nc2C)cc1OC. The standard InChI is InChI=1S/C20H21N3O3/c1-4-25-19-10-9-15(11-20(19)24-3)12-21-26-13-18-14(2)22-16-7-5-6-8-17(16)23-18/h5-12H,4,13H2,1-3H3. The van der Waals surface area contributed by atoms with Crippen LogP contribution in [0.5, 0.6) is 11.5 Å². The van der Waals surface area contributed by atoms with E-state index < -0.39 is 0 Å². The van der Waals surface area contributed by atoms with Gasteiger partial charge in [-0.1, -0.05) is 17.3 Å². The van der Waals surface area contributed by atoms with Crippen LogP contribution in [-0.2, 0) is 11.4 Å². The van der Waals surface area contributed by atoms with E-state index in [0.717, 1.165) is 28.0 Å². The molecular formula is C20H21N3O3. The zero-order valence-electron chi connectivity index (χ0n) is 15.1. The van der Waals surface area contributed by atoms with Gasteiger partial charge < -0.3 is 14.3 Å². The molecule has 0 aliphatic carbocycles. The van der Waals surface area contributed by atoms with Gasteiger partial charge in [-0.2, -0.15) is 0 Å². The summed E-state index contributed by atoms with van der Waals surface area (Å²) in [5.74, 6) is 1.36. The smallest absolute Gasteiger partial charge is 0.161 e. The Morgan fingerprint density at radius 1 is 1.04 bits per heavy atom. The molecule has 26 heavy (non-hydrogen) atoms. The summed E-state index contributed by atoms with van der Waals surface area (Å²) in [4.78, 5) is 14.5. The highest BCUT2D eigenvalue weighted by Gasteiger charge is 2.06. The third kappa shape index (κ3) is 4.08. The van der Waals surface area contributed by atoms with Crippen LogP contribution in [0, 0.1) is 6.92 Å². The minimum atomic E-state index is 0.258. The number of aryl methyl sites for hydroxylation is 1. The monoisotopic (exact) mass is 351 g/mol. The highest BCUT2D eigenvalue weighted by molar-refractivity contribution is 5.80. The molecule has 0 aliphatic rings. The van der Waals surface area contributed by atoms with Crippen LogP contribution in [0.3, 0.4) is 0 Å². The van der Waals surface area contributed by atoms with Crippen molar-refractivity contribution in [3.63, 3.8) is 0 Å². The van der Waals surface area contributed by atoms with Gasteiger partial charge in [-0.15, -0.1) is 0 Å². The molecule has 0 saturated heterocycles. The van der Waals surface area contributed by atoms with Crippen LogP contribution in [0.2, 0.25) is 0 Å². The lowest BCUT2D eigenvalue weighted by molar-refractivity contribution is 0.129. The number of para-hydroxylation sites is 2. The first-order chi connectivity index (χ1) is 12.7. The average Bonchev–Trinajstić information content (AvgIpc) is 2.66. The first kappa shape index (κ1) is 17.7. The van der Waals surface area contributed by atoms with Gasteiger partial charge in [-0.05, 0) is 44.2 Å². The van der Waals surface area contributed by atoms with Crippen molar-refractivity contribution < 1.29 is 14.3 Å². The Bertz CT molecular complexity index is 925. The summed E-state index contributed by atoms with van der Waals surface area (Å²) in [5.41, 5.74) is 4.18. The molecule has 0 bridgehead atoms. The second-order valence-electron chi connectivity index (χ2n) is 5.60. The number of nitrogens with zero attached hydrogens (tertiary/aromatic N) is 3. The molecule has 2 aromatic carbocycles. The maximum atomic E-state index is 5.50. The van der Waals surface area contributed by atoms with Crippen LogP contribution in [0.4, 0.5) is 0 Å². The van der Waals surface area contributed by atoms with Crippen LogP contribution in [0.1, 0.15) is 23.9 Å². The molecule has 0 unspecified atom stereocenters. The maximum absolute atomic E-state index is 5.50. The van der Waals surface area contributed by atoms with E-state index in [1.165, 1.54) is 0 Å². The number of hydrogen-bond acceptors (Lipinski definition) is 6. The summed E-state index contributed by atoms with van der Waals surface area (Å²) >= 11 is 0. The van der Waals surface area contributed by atoms with Gasteiger partial charge in [0.1, 0.15) is 5.69 Å². The number of benzene rings is 2. The molecule has 0 atom stereocenters. The Morgan fingerprint density at radius 2 is 1.81 bits per heavy atom. The van der Waals surface area contributed by atoms with E-state index >= 15 is 0 Å². The fraction of sp³-hybridized carbons (Fsp3) is 0.250. The van der Waals surface area contributed by atoms with E-state index in [4.69, 9.17) is 14.3 Å². The zero-order valence-corrected chi connectivity index (χ0v) is 15.1. The highest BCUT2D eigenvalue weighted by Crippen LogP contribution is 2.27. The van der Waals surface area contributed by atoms with Crippen molar-refractivity contribution in [3.8, 4) is 11.5 Å². The van der Waals surface area contributed by atoms with Crippen molar-refractivity contribution in [2.24, 2.45) is 5.16 Å². The lowest BCUT2D eigenvalue weighted by Crippen LogP contribution is -2.00. The molecule has 0 N–H and O–H groups in total. The second kappa shape index (κ2) is 8.29. The van der Waals surface area contributed by atoms with Gasteiger partial charge in [0.2, 0.25) is 0 Å². The molecule has 6 heteroatoms. The van der Waals surface area contributed by atoms with E-state index in [2.05, 4.69) is 15.1 Å². The highest BCUT2D eigenvalue weighted by atomic mass is 16.6. The molecule has 0 amide bonds. The van der Waals surface area contributed by atoms with Crippen molar-refractivity contribution in [3.05, 3.63) is 59.4 Å². The van der Waals surface area contributed by atoms with Crippen LogP contribution < -0.4 is 9.47 Å². The van der Waals surface area contributed by atoms with Gasteiger partial charge in [0.15, 0.2) is 18.1 Å². The van der Waals surface area contributed by atoms with Gasteiger partial charge in [0.05, 0.1) is 36.7 Å². The lowest BCUT2D eigenvalue weighted by Gasteiger charge is -2.09. The summed E-state index contributed by atoms with van der Waals surface area (Å²) in [5, 5.41) is 4.02.